The van der Waals surface area contributed by atoms with Crippen molar-refractivity contribution in [3.05, 3.63) is 54.5 Å². The lowest BCUT2D eigenvalue weighted by Gasteiger charge is -2.36. The fourth-order valence-electron chi connectivity index (χ4n) is 5.18. The molecule has 1 atom stereocenters. The number of alkyl halides is 3. The molecule has 8 nitrogen and oxygen atoms in total. The molecule has 6 rings (SSSR count). The van der Waals surface area contributed by atoms with Gasteiger partial charge in [0.1, 0.15) is 12.1 Å². The van der Waals surface area contributed by atoms with E-state index in [1.54, 1.807) is 23.0 Å². The highest BCUT2D eigenvalue weighted by Gasteiger charge is 2.32. The second-order valence-corrected chi connectivity index (χ2v) is 10.7. The normalized spacial score (nSPS) is 18.6. The number of hydrogen-bond donors (Lipinski definition) is 2. The van der Waals surface area contributed by atoms with Crippen molar-refractivity contribution in [1.82, 2.24) is 29.5 Å². The number of rotatable bonds is 7. The van der Waals surface area contributed by atoms with Crippen LogP contribution in [0, 0.1) is 0 Å². The van der Waals surface area contributed by atoms with Gasteiger partial charge in [0.05, 0.1) is 16.8 Å². The zero-order valence-electron chi connectivity index (χ0n) is 21.9. The lowest BCUT2D eigenvalue weighted by Crippen LogP contribution is -2.45. The van der Waals surface area contributed by atoms with Gasteiger partial charge in [-0.25, -0.2) is 9.97 Å². The monoisotopic (exact) mass is 536 g/mol. The Bertz CT molecular complexity index is 1480. The molecule has 0 bridgehead atoms. The summed E-state index contributed by atoms with van der Waals surface area (Å²) in [6.07, 6.45) is 3.02. The van der Waals surface area contributed by atoms with Crippen LogP contribution >= 0.6 is 0 Å². The van der Waals surface area contributed by atoms with Gasteiger partial charge in [-0.05, 0) is 75.9 Å². The van der Waals surface area contributed by atoms with Crippen LogP contribution < -0.4 is 10.6 Å². The first-order valence-electron chi connectivity index (χ1n) is 13.4. The first-order valence-corrected chi connectivity index (χ1v) is 13.4. The summed E-state index contributed by atoms with van der Waals surface area (Å²) in [6, 6.07) is 10.0. The van der Waals surface area contributed by atoms with Gasteiger partial charge < -0.3 is 10.6 Å². The van der Waals surface area contributed by atoms with Gasteiger partial charge in [0.15, 0.2) is 5.65 Å². The smallest absolute Gasteiger partial charge is 0.367 e. The molecule has 2 fully saturated rings. The van der Waals surface area contributed by atoms with Crippen LogP contribution in [0.1, 0.15) is 45.1 Å². The molecule has 39 heavy (non-hydrogen) atoms. The lowest BCUT2D eigenvalue weighted by molar-refractivity contribution is -0.137. The third-order valence-electron chi connectivity index (χ3n) is 7.41. The molecular formula is C28H31F3N8. The molecule has 2 N–H and O–H groups in total. The highest BCUT2D eigenvalue weighted by molar-refractivity contribution is 5.91. The van der Waals surface area contributed by atoms with Crippen molar-refractivity contribution in [2.75, 3.05) is 23.7 Å². The fourth-order valence-corrected chi connectivity index (χ4v) is 5.18. The Kier molecular flexibility index (Phi) is 6.62. The molecule has 1 aliphatic carbocycles. The number of nitrogens with one attached hydrogen (secondary N) is 2. The van der Waals surface area contributed by atoms with Gasteiger partial charge in [-0.3, -0.25) is 9.30 Å². The number of benzene rings is 1. The van der Waals surface area contributed by atoms with E-state index >= 15 is 0 Å². The maximum absolute atomic E-state index is 13.7. The number of piperidine rings is 1. The molecule has 204 valence electrons. The third-order valence-corrected chi connectivity index (χ3v) is 7.41. The second kappa shape index (κ2) is 10.1. The molecule has 3 aromatic heterocycles. The van der Waals surface area contributed by atoms with Gasteiger partial charge >= 0.3 is 6.18 Å². The predicted octanol–water partition coefficient (Wildman–Crippen LogP) is 5.73. The van der Waals surface area contributed by atoms with Crippen molar-refractivity contribution >= 4 is 17.4 Å². The van der Waals surface area contributed by atoms with E-state index in [1.807, 2.05) is 12.1 Å². The van der Waals surface area contributed by atoms with Gasteiger partial charge in [0.2, 0.25) is 5.95 Å². The number of likely N-dealkylation sites (tertiary alicyclic amines) is 1. The summed E-state index contributed by atoms with van der Waals surface area (Å²) >= 11 is 0. The van der Waals surface area contributed by atoms with Crippen molar-refractivity contribution in [3.8, 4) is 22.4 Å². The van der Waals surface area contributed by atoms with E-state index in [9.17, 15) is 13.2 Å². The number of aromatic nitrogens is 5. The maximum atomic E-state index is 13.7. The van der Waals surface area contributed by atoms with Crippen molar-refractivity contribution < 1.29 is 13.2 Å². The number of fused-ring (bicyclic) bond motifs is 1. The number of hydrogen-bond acceptors (Lipinski definition) is 7. The summed E-state index contributed by atoms with van der Waals surface area (Å²) in [4.78, 5) is 11.9. The van der Waals surface area contributed by atoms with Gasteiger partial charge in [0, 0.05) is 36.4 Å². The summed E-state index contributed by atoms with van der Waals surface area (Å²) in [6.45, 7) is 6.31. The largest absolute Gasteiger partial charge is 0.416 e. The summed E-state index contributed by atoms with van der Waals surface area (Å²) in [7, 11) is 0. The molecule has 0 spiro atoms. The topological polar surface area (TPSA) is 83.3 Å². The van der Waals surface area contributed by atoms with Crippen molar-refractivity contribution in [1.29, 1.82) is 0 Å². The van der Waals surface area contributed by atoms with E-state index in [0.29, 0.717) is 46.3 Å². The van der Waals surface area contributed by atoms with E-state index < -0.39 is 11.7 Å². The second-order valence-electron chi connectivity index (χ2n) is 10.7. The molecule has 1 saturated carbocycles. The number of nitrogens with zero attached hydrogens (tertiary/aromatic N) is 6. The molecule has 1 unspecified atom stereocenters. The Morgan fingerprint density at radius 2 is 1.85 bits per heavy atom. The first-order chi connectivity index (χ1) is 18.8. The van der Waals surface area contributed by atoms with Gasteiger partial charge in [0.25, 0.3) is 0 Å². The molecule has 4 heterocycles. The van der Waals surface area contributed by atoms with Crippen LogP contribution in [0.4, 0.5) is 24.9 Å². The van der Waals surface area contributed by atoms with E-state index in [1.165, 1.54) is 6.07 Å². The van der Waals surface area contributed by atoms with Gasteiger partial charge in [-0.2, -0.15) is 13.2 Å². The zero-order chi connectivity index (χ0) is 27.1. The van der Waals surface area contributed by atoms with Crippen LogP contribution in [0.15, 0.2) is 48.9 Å². The molecule has 0 amide bonds. The average molecular weight is 537 g/mol. The molecule has 1 aliphatic heterocycles. The standard InChI is InChI=1S/C28H31F3N8/c1-17(2)38-12-4-7-22(15-38)35-27-36-25(19-10-11-32-23(14-19)34-21-8-9-21)24(26-37-33-16-39(26)27)18-5-3-6-20(13-18)28(29,30)31/h3,5-6,10-11,13-14,16-17,21-22H,4,7-9,12,15H2,1-2H3,(H,32,34)(H,35,36). The molecule has 1 aromatic carbocycles. The quantitative estimate of drug-likeness (QED) is 0.312. The Morgan fingerprint density at radius 3 is 2.62 bits per heavy atom. The maximum Gasteiger partial charge on any atom is 0.416 e. The summed E-state index contributed by atoms with van der Waals surface area (Å²) < 4.78 is 42.8. The Labute approximate surface area is 224 Å². The first kappa shape index (κ1) is 25.5. The fraction of sp³-hybridized carbons (Fsp3) is 0.429. The summed E-state index contributed by atoms with van der Waals surface area (Å²) in [5, 5.41) is 15.5. The van der Waals surface area contributed by atoms with Crippen LogP contribution in [0.5, 0.6) is 0 Å². The van der Waals surface area contributed by atoms with Crippen molar-refractivity contribution in [2.24, 2.45) is 0 Å². The van der Waals surface area contributed by atoms with Crippen LogP contribution in [-0.4, -0.2) is 60.7 Å². The molecule has 11 heteroatoms. The predicted molar refractivity (Wildman–Crippen MR) is 144 cm³/mol. The Balaban J connectivity index is 1.49. The highest BCUT2D eigenvalue weighted by atomic mass is 19.4. The van der Waals surface area contributed by atoms with Gasteiger partial charge in [-0.15, -0.1) is 10.2 Å². The number of halogens is 3. The third kappa shape index (κ3) is 5.40. The minimum Gasteiger partial charge on any atom is -0.367 e. The SMILES string of the molecule is CC(C)N1CCCC(Nc2nc(-c3ccnc(NC4CC4)c3)c(-c3cccc(C(F)(F)F)c3)c3nncn23)C1. The molecule has 0 radical (unpaired) electrons. The number of anilines is 2. The molecular weight excluding hydrogens is 505 g/mol. The minimum atomic E-state index is -4.48. The van der Waals surface area contributed by atoms with Crippen LogP contribution in [0.2, 0.25) is 0 Å². The zero-order valence-corrected chi connectivity index (χ0v) is 21.9. The molecule has 2 aliphatic rings. The van der Waals surface area contributed by atoms with Crippen LogP contribution in [0.25, 0.3) is 28.0 Å². The minimum absolute atomic E-state index is 0.163. The molecule has 4 aromatic rings. The highest BCUT2D eigenvalue weighted by Crippen LogP contribution is 2.39. The Morgan fingerprint density at radius 1 is 1.00 bits per heavy atom. The Hall–Kier alpha value is -3.73. The van der Waals surface area contributed by atoms with Crippen molar-refractivity contribution in [3.63, 3.8) is 0 Å². The average Bonchev–Trinajstić information content (AvgIpc) is 3.59. The van der Waals surface area contributed by atoms with E-state index in [2.05, 4.69) is 44.6 Å². The van der Waals surface area contributed by atoms with Crippen LogP contribution in [-0.2, 0) is 6.18 Å². The van der Waals surface area contributed by atoms with E-state index in [0.717, 1.165) is 56.5 Å². The lowest BCUT2D eigenvalue weighted by atomic mass is 9.98. The van der Waals surface area contributed by atoms with E-state index in [-0.39, 0.29) is 6.04 Å². The van der Waals surface area contributed by atoms with Crippen LogP contribution in [0.3, 0.4) is 0 Å². The molecule has 1 saturated heterocycles. The van der Waals surface area contributed by atoms with Crippen molar-refractivity contribution in [2.45, 2.75) is 63.8 Å². The van der Waals surface area contributed by atoms with Gasteiger partial charge in [-0.1, -0.05) is 12.1 Å². The number of pyridine rings is 1. The van der Waals surface area contributed by atoms with E-state index in [4.69, 9.17) is 4.98 Å². The summed E-state index contributed by atoms with van der Waals surface area (Å²) in [5.41, 5.74) is 1.82. The summed E-state index contributed by atoms with van der Waals surface area (Å²) in [5.74, 6) is 1.27.